The first-order chi connectivity index (χ1) is 10.9. The summed E-state index contributed by atoms with van der Waals surface area (Å²) in [4.78, 5) is 4.62. The topological polar surface area (TPSA) is 62.3 Å². The van der Waals surface area contributed by atoms with Crippen molar-refractivity contribution in [2.75, 3.05) is 30.7 Å². The second kappa shape index (κ2) is 6.26. The molecular formula is C16H20ClN3O2S. The van der Waals surface area contributed by atoms with Crippen molar-refractivity contribution in [2.24, 2.45) is 5.92 Å². The zero-order valence-electron chi connectivity index (χ0n) is 13.2. The van der Waals surface area contributed by atoms with Crippen LogP contribution in [0, 0.1) is 12.8 Å². The van der Waals surface area contributed by atoms with Crippen LogP contribution in [0.2, 0.25) is 5.02 Å². The van der Waals surface area contributed by atoms with Gasteiger partial charge < -0.3 is 5.32 Å². The number of benzene rings is 1. The van der Waals surface area contributed by atoms with Gasteiger partial charge in [-0.15, -0.1) is 0 Å². The Balaban J connectivity index is 1.64. The molecule has 0 atom stereocenters. The largest absolute Gasteiger partial charge is 0.370 e. The number of pyridine rings is 1. The fraction of sp³-hybridized carbons (Fsp3) is 0.438. The van der Waals surface area contributed by atoms with Crippen LogP contribution in [0.5, 0.6) is 0 Å². The van der Waals surface area contributed by atoms with E-state index in [4.69, 9.17) is 11.6 Å². The van der Waals surface area contributed by atoms with Crippen LogP contribution in [-0.2, 0) is 10.0 Å². The van der Waals surface area contributed by atoms with Gasteiger partial charge in [-0.05, 0) is 37.6 Å². The summed E-state index contributed by atoms with van der Waals surface area (Å²) in [5.41, 5.74) is 1.86. The Kier molecular flexibility index (Phi) is 4.49. The molecule has 0 radical (unpaired) electrons. The lowest BCUT2D eigenvalue weighted by atomic mass is 10.0. The van der Waals surface area contributed by atoms with Gasteiger partial charge in [-0.1, -0.05) is 17.7 Å². The summed E-state index contributed by atoms with van der Waals surface area (Å²) < 4.78 is 24.9. The van der Waals surface area contributed by atoms with Crippen molar-refractivity contribution < 1.29 is 8.42 Å². The SMILES string of the molecule is CCS(=O)(=O)N1CC(CNc2ccc3ccc(Cl)c(C)c3n2)C1. The van der Waals surface area contributed by atoms with E-state index in [0.29, 0.717) is 30.6 Å². The molecule has 0 saturated carbocycles. The van der Waals surface area contributed by atoms with Gasteiger partial charge in [-0.3, -0.25) is 0 Å². The van der Waals surface area contributed by atoms with Crippen molar-refractivity contribution in [1.82, 2.24) is 9.29 Å². The number of fused-ring (bicyclic) bond motifs is 1. The maximum absolute atomic E-state index is 11.7. The molecule has 2 heterocycles. The zero-order valence-corrected chi connectivity index (χ0v) is 14.8. The third kappa shape index (κ3) is 3.29. The van der Waals surface area contributed by atoms with Gasteiger partial charge >= 0.3 is 0 Å². The molecule has 0 spiro atoms. The van der Waals surface area contributed by atoms with E-state index in [1.165, 1.54) is 4.31 Å². The molecular weight excluding hydrogens is 334 g/mol. The van der Waals surface area contributed by atoms with Gasteiger partial charge in [0.25, 0.3) is 0 Å². The molecule has 5 nitrogen and oxygen atoms in total. The number of hydrogen-bond acceptors (Lipinski definition) is 4. The van der Waals surface area contributed by atoms with Crippen molar-refractivity contribution in [3.63, 3.8) is 0 Å². The van der Waals surface area contributed by atoms with E-state index in [9.17, 15) is 8.42 Å². The lowest BCUT2D eigenvalue weighted by Gasteiger charge is -2.38. The molecule has 3 rings (SSSR count). The fourth-order valence-electron chi connectivity index (χ4n) is 2.71. The first-order valence-electron chi connectivity index (χ1n) is 7.68. The second-order valence-electron chi connectivity index (χ2n) is 5.91. The Morgan fingerprint density at radius 2 is 2.00 bits per heavy atom. The van der Waals surface area contributed by atoms with E-state index < -0.39 is 10.0 Å². The number of nitrogens with zero attached hydrogens (tertiary/aromatic N) is 2. The average molecular weight is 354 g/mol. The molecule has 1 aliphatic rings. The highest BCUT2D eigenvalue weighted by Crippen LogP contribution is 2.25. The highest BCUT2D eigenvalue weighted by Gasteiger charge is 2.34. The maximum Gasteiger partial charge on any atom is 0.213 e. The van der Waals surface area contributed by atoms with Crippen molar-refractivity contribution >= 4 is 38.3 Å². The Hall–Kier alpha value is -1.37. The lowest BCUT2D eigenvalue weighted by molar-refractivity contribution is 0.212. The summed E-state index contributed by atoms with van der Waals surface area (Å²) in [6.07, 6.45) is 0. The molecule has 7 heteroatoms. The summed E-state index contributed by atoms with van der Waals surface area (Å²) in [5.74, 6) is 1.29. The molecule has 1 fully saturated rings. The molecule has 23 heavy (non-hydrogen) atoms. The number of nitrogens with one attached hydrogen (secondary N) is 1. The van der Waals surface area contributed by atoms with E-state index in [2.05, 4.69) is 10.3 Å². The van der Waals surface area contributed by atoms with Gasteiger partial charge in [-0.25, -0.2) is 17.7 Å². The fourth-order valence-corrected chi connectivity index (χ4v) is 4.11. The van der Waals surface area contributed by atoms with Crippen LogP contribution < -0.4 is 5.32 Å². The molecule has 1 aromatic carbocycles. The van der Waals surface area contributed by atoms with Gasteiger partial charge in [-0.2, -0.15) is 0 Å². The van der Waals surface area contributed by atoms with Crippen molar-refractivity contribution in [1.29, 1.82) is 0 Å². The van der Waals surface area contributed by atoms with Gasteiger partial charge in [0.2, 0.25) is 10.0 Å². The number of anilines is 1. The molecule has 2 aromatic rings. The molecule has 124 valence electrons. The molecule has 0 unspecified atom stereocenters. The van der Waals surface area contributed by atoms with Gasteiger partial charge in [0.05, 0.1) is 11.3 Å². The Morgan fingerprint density at radius 3 is 2.70 bits per heavy atom. The Labute approximate surface area is 141 Å². The molecule has 1 N–H and O–H groups in total. The number of halogens is 1. The Morgan fingerprint density at radius 1 is 1.30 bits per heavy atom. The van der Waals surface area contributed by atoms with Crippen LogP contribution in [0.15, 0.2) is 24.3 Å². The standard InChI is InChI=1S/C16H20ClN3O2S/c1-3-23(21,22)20-9-12(10-20)8-18-15-7-5-13-4-6-14(17)11(2)16(13)19-15/h4-7,12H,3,8-10H2,1-2H3,(H,18,19). The predicted molar refractivity (Wildman–Crippen MR) is 94.5 cm³/mol. The summed E-state index contributed by atoms with van der Waals surface area (Å²) in [6.45, 7) is 5.52. The van der Waals surface area contributed by atoms with Gasteiger partial charge in [0.1, 0.15) is 5.82 Å². The average Bonchev–Trinajstić information content (AvgIpc) is 2.49. The lowest BCUT2D eigenvalue weighted by Crippen LogP contribution is -2.52. The highest BCUT2D eigenvalue weighted by molar-refractivity contribution is 7.89. The summed E-state index contributed by atoms with van der Waals surface area (Å²) in [7, 11) is -3.04. The number of hydrogen-bond donors (Lipinski definition) is 1. The minimum absolute atomic E-state index is 0.166. The minimum atomic E-state index is -3.04. The van der Waals surface area contributed by atoms with Gasteiger partial charge in [0, 0.05) is 36.0 Å². The van der Waals surface area contributed by atoms with Crippen LogP contribution in [0.3, 0.4) is 0 Å². The van der Waals surface area contributed by atoms with E-state index in [1.54, 1.807) is 6.92 Å². The second-order valence-corrected chi connectivity index (χ2v) is 8.57. The van der Waals surface area contributed by atoms with Crippen LogP contribution in [0.25, 0.3) is 10.9 Å². The Bertz CT molecular complexity index is 833. The van der Waals surface area contributed by atoms with Crippen LogP contribution in [0.1, 0.15) is 12.5 Å². The summed E-state index contributed by atoms with van der Waals surface area (Å²) >= 11 is 6.15. The summed E-state index contributed by atoms with van der Waals surface area (Å²) in [6, 6.07) is 7.80. The molecule has 0 amide bonds. The van der Waals surface area contributed by atoms with Crippen LogP contribution in [0.4, 0.5) is 5.82 Å². The predicted octanol–water partition coefficient (Wildman–Crippen LogP) is 2.89. The van der Waals surface area contributed by atoms with E-state index in [-0.39, 0.29) is 5.75 Å². The molecule has 0 aliphatic carbocycles. The first kappa shape index (κ1) is 16.5. The number of aryl methyl sites for hydroxylation is 1. The zero-order chi connectivity index (χ0) is 16.6. The monoisotopic (exact) mass is 353 g/mol. The van der Waals surface area contributed by atoms with Crippen molar-refractivity contribution in [2.45, 2.75) is 13.8 Å². The van der Waals surface area contributed by atoms with E-state index in [0.717, 1.165) is 22.3 Å². The molecule has 0 bridgehead atoms. The van der Waals surface area contributed by atoms with E-state index >= 15 is 0 Å². The quantitative estimate of drug-likeness (QED) is 0.897. The highest BCUT2D eigenvalue weighted by atomic mass is 35.5. The molecule has 1 aliphatic heterocycles. The van der Waals surface area contributed by atoms with E-state index in [1.807, 2.05) is 31.2 Å². The normalized spacial score (nSPS) is 16.5. The third-order valence-corrected chi connectivity index (χ3v) is 6.53. The van der Waals surface area contributed by atoms with Crippen LogP contribution >= 0.6 is 11.6 Å². The first-order valence-corrected chi connectivity index (χ1v) is 9.67. The maximum atomic E-state index is 11.7. The van der Waals surface area contributed by atoms with Crippen molar-refractivity contribution in [3.05, 3.63) is 34.9 Å². The van der Waals surface area contributed by atoms with Crippen LogP contribution in [-0.4, -0.2) is 43.1 Å². The number of rotatable bonds is 5. The molecule has 1 saturated heterocycles. The third-order valence-electron chi connectivity index (χ3n) is 4.30. The number of sulfonamides is 1. The van der Waals surface area contributed by atoms with Gasteiger partial charge in [0.15, 0.2) is 0 Å². The minimum Gasteiger partial charge on any atom is -0.370 e. The summed E-state index contributed by atoms with van der Waals surface area (Å²) in [5, 5.41) is 5.07. The van der Waals surface area contributed by atoms with Crippen molar-refractivity contribution in [3.8, 4) is 0 Å². The molecule has 1 aromatic heterocycles. The number of aromatic nitrogens is 1. The smallest absolute Gasteiger partial charge is 0.213 e.